The summed E-state index contributed by atoms with van der Waals surface area (Å²) in [7, 11) is 0. The molecule has 0 amide bonds. The summed E-state index contributed by atoms with van der Waals surface area (Å²) in [5.41, 5.74) is 0. The second kappa shape index (κ2) is 7.31. The molecule has 1 N–H and O–H groups in total. The molecule has 3 fully saturated rings. The number of rotatable bonds is 4. The third-order valence-electron chi connectivity index (χ3n) is 5.88. The van der Waals surface area contributed by atoms with Crippen molar-refractivity contribution >= 4 is 0 Å². The minimum absolute atomic E-state index is 0.504. The van der Waals surface area contributed by atoms with Gasteiger partial charge < -0.3 is 10.1 Å². The molecule has 1 atom stereocenters. The molecule has 3 heterocycles. The lowest BCUT2D eigenvalue weighted by Gasteiger charge is -2.22. The molecule has 0 radical (unpaired) electrons. The summed E-state index contributed by atoms with van der Waals surface area (Å²) in [5, 5.41) is 8.48. The van der Waals surface area contributed by atoms with Crippen molar-refractivity contribution in [1.29, 1.82) is 0 Å². The molecule has 2 aliphatic heterocycles. The van der Waals surface area contributed by atoms with Crippen LogP contribution in [0.4, 0.5) is 0 Å². The van der Waals surface area contributed by atoms with Gasteiger partial charge in [-0.2, -0.15) is 5.10 Å². The Kier molecular flexibility index (Phi) is 4.95. The molecule has 23 heavy (non-hydrogen) atoms. The number of hydrogen-bond acceptors (Lipinski definition) is 4. The van der Waals surface area contributed by atoms with Crippen LogP contribution in [0.15, 0.2) is 0 Å². The van der Waals surface area contributed by atoms with Crippen molar-refractivity contribution in [3.8, 4) is 0 Å². The van der Waals surface area contributed by atoms with E-state index in [-0.39, 0.29) is 0 Å². The first-order chi connectivity index (χ1) is 11.4. The van der Waals surface area contributed by atoms with Crippen molar-refractivity contribution in [3.05, 3.63) is 11.6 Å². The van der Waals surface area contributed by atoms with E-state index in [4.69, 9.17) is 14.8 Å². The maximum absolute atomic E-state index is 5.51. The second-order valence-corrected chi connectivity index (χ2v) is 7.59. The minimum Gasteiger partial charge on any atom is -0.381 e. The molecule has 0 bridgehead atoms. The molecule has 1 aromatic heterocycles. The Bertz CT molecular complexity index is 497. The van der Waals surface area contributed by atoms with E-state index < -0.39 is 0 Å². The number of aromatic nitrogens is 3. The highest BCUT2D eigenvalue weighted by molar-refractivity contribution is 5.07. The van der Waals surface area contributed by atoms with Crippen LogP contribution >= 0.6 is 0 Å². The van der Waals surface area contributed by atoms with Gasteiger partial charge in [0, 0.05) is 38.1 Å². The quantitative estimate of drug-likeness (QED) is 0.927. The summed E-state index contributed by atoms with van der Waals surface area (Å²) >= 11 is 0. The molecule has 1 saturated carbocycles. The minimum atomic E-state index is 0.504. The van der Waals surface area contributed by atoms with E-state index in [0.717, 1.165) is 57.4 Å². The summed E-state index contributed by atoms with van der Waals surface area (Å²) < 4.78 is 7.80. The molecule has 0 spiro atoms. The average molecular weight is 318 g/mol. The fourth-order valence-corrected chi connectivity index (χ4v) is 4.43. The van der Waals surface area contributed by atoms with Gasteiger partial charge in [-0.3, -0.25) is 0 Å². The van der Waals surface area contributed by atoms with Crippen LogP contribution in [-0.4, -0.2) is 41.1 Å². The van der Waals surface area contributed by atoms with Crippen LogP contribution in [-0.2, 0) is 11.3 Å². The molecule has 128 valence electrons. The van der Waals surface area contributed by atoms with E-state index in [1.54, 1.807) is 0 Å². The zero-order chi connectivity index (χ0) is 15.5. The van der Waals surface area contributed by atoms with Crippen molar-refractivity contribution in [2.45, 2.75) is 69.7 Å². The number of nitrogens with zero attached hydrogens (tertiary/aromatic N) is 3. The molecule has 5 heteroatoms. The maximum atomic E-state index is 5.51. The predicted molar refractivity (Wildman–Crippen MR) is 89.6 cm³/mol. The van der Waals surface area contributed by atoms with Gasteiger partial charge in [-0.25, -0.2) is 9.67 Å². The molecule has 1 unspecified atom stereocenters. The normalized spacial score (nSPS) is 27.6. The smallest absolute Gasteiger partial charge is 0.154 e. The van der Waals surface area contributed by atoms with E-state index in [1.807, 2.05) is 0 Å². The summed E-state index contributed by atoms with van der Waals surface area (Å²) in [4.78, 5) is 5.04. The Hall–Kier alpha value is -0.940. The lowest BCUT2D eigenvalue weighted by molar-refractivity contribution is 0.0835. The van der Waals surface area contributed by atoms with E-state index in [2.05, 4.69) is 10.00 Å². The van der Waals surface area contributed by atoms with E-state index in [1.165, 1.54) is 44.3 Å². The molecule has 0 aromatic carbocycles. The van der Waals surface area contributed by atoms with Crippen LogP contribution in [0.2, 0.25) is 0 Å². The van der Waals surface area contributed by atoms with E-state index in [0.29, 0.717) is 11.8 Å². The maximum Gasteiger partial charge on any atom is 0.154 e. The van der Waals surface area contributed by atoms with Crippen LogP contribution in [0.3, 0.4) is 0 Å². The van der Waals surface area contributed by atoms with Gasteiger partial charge in [0.1, 0.15) is 5.82 Å². The van der Waals surface area contributed by atoms with Gasteiger partial charge >= 0.3 is 0 Å². The zero-order valence-electron chi connectivity index (χ0n) is 14.2. The predicted octanol–water partition coefficient (Wildman–Crippen LogP) is 2.83. The lowest BCUT2D eigenvalue weighted by atomic mass is 9.89. The van der Waals surface area contributed by atoms with E-state index >= 15 is 0 Å². The third kappa shape index (κ3) is 3.61. The summed E-state index contributed by atoms with van der Waals surface area (Å²) in [6, 6.07) is 0. The first kappa shape index (κ1) is 15.6. The Labute approximate surface area is 139 Å². The monoisotopic (exact) mass is 318 g/mol. The summed E-state index contributed by atoms with van der Waals surface area (Å²) in [5.74, 6) is 4.21. The Morgan fingerprint density at radius 2 is 1.83 bits per heavy atom. The fraction of sp³-hybridized carbons (Fsp3) is 0.889. The molecular weight excluding hydrogens is 288 g/mol. The average Bonchev–Trinajstić information content (AvgIpc) is 3.26. The Morgan fingerprint density at radius 1 is 1.00 bits per heavy atom. The van der Waals surface area contributed by atoms with Gasteiger partial charge in [-0.05, 0) is 44.6 Å². The third-order valence-corrected chi connectivity index (χ3v) is 5.88. The SMILES string of the molecule is C1CCC(Cn2nc(C3CCOCC3)nc2C2CCNC2)CC1. The molecule has 4 rings (SSSR count). The van der Waals surface area contributed by atoms with Crippen LogP contribution < -0.4 is 5.32 Å². The summed E-state index contributed by atoms with van der Waals surface area (Å²) in [6.07, 6.45) is 10.3. The van der Waals surface area contributed by atoms with Crippen molar-refractivity contribution < 1.29 is 4.74 Å². The highest BCUT2D eigenvalue weighted by Crippen LogP contribution is 2.30. The first-order valence-electron chi connectivity index (χ1n) is 9.63. The zero-order valence-corrected chi connectivity index (χ0v) is 14.2. The molecular formula is C18H30N4O. The van der Waals surface area contributed by atoms with Gasteiger partial charge in [-0.1, -0.05) is 19.3 Å². The van der Waals surface area contributed by atoms with E-state index in [9.17, 15) is 0 Å². The fourth-order valence-electron chi connectivity index (χ4n) is 4.43. The van der Waals surface area contributed by atoms with Gasteiger partial charge in [0.15, 0.2) is 5.82 Å². The van der Waals surface area contributed by atoms with Crippen molar-refractivity contribution in [3.63, 3.8) is 0 Å². The van der Waals surface area contributed by atoms with Gasteiger partial charge in [-0.15, -0.1) is 0 Å². The highest BCUT2D eigenvalue weighted by atomic mass is 16.5. The Balaban J connectivity index is 1.54. The molecule has 2 saturated heterocycles. The van der Waals surface area contributed by atoms with Crippen molar-refractivity contribution in [1.82, 2.24) is 20.1 Å². The van der Waals surface area contributed by atoms with Crippen LogP contribution in [0.5, 0.6) is 0 Å². The first-order valence-corrected chi connectivity index (χ1v) is 9.63. The van der Waals surface area contributed by atoms with Gasteiger partial charge in [0.05, 0.1) is 0 Å². The summed E-state index contributed by atoms with van der Waals surface area (Å²) in [6.45, 7) is 5.00. The second-order valence-electron chi connectivity index (χ2n) is 7.59. The highest BCUT2D eigenvalue weighted by Gasteiger charge is 2.28. The van der Waals surface area contributed by atoms with Crippen LogP contribution in [0.25, 0.3) is 0 Å². The number of ether oxygens (including phenoxy) is 1. The van der Waals surface area contributed by atoms with Gasteiger partial charge in [0.25, 0.3) is 0 Å². The number of nitrogens with one attached hydrogen (secondary N) is 1. The standard InChI is InChI=1S/C18H30N4O/c1-2-4-14(5-3-1)13-22-18(16-6-9-19-12-16)20-17(21-22)15-7-10-23-11-8-15/h14-16,19H,1-13H2. The van der Waals surface area contributed by atoms with Gasteiger partial charge in [0.2, 0.25) is 0 Å². The largest absolute Gasteiger partial charge is 0.381 e. The van der Waals surface area contributed by atoms with Crippen LogP contribution in [0, 0.1) is 5.92 Å². The topological polar surface area (TPSA) is 52.0 Å². The molecule has 1 aromatic rings. The Morgan fingerprint density at radius 3 is 2.57 bits per heavy atom. The van der Waals surface area contributed by atoms with Crippen LogP contribution in [0.1, 0.15) is 74.9 Å². The number of hydrogen-bond donors (Lipinski definition) is 1. The van der Waals surface area contributed by atoms with Crippen molar-refractivity contribution in [2.24, 2.45) is 5.92 Å². The van der Waals surface area contributed by atoms with Crippen molar-refractivity contribution in [2.75, 3.05) is 26.3 Å². The molecule has 1 aliphatic carbocycles. The molecule has 3 aliphatic rings. The lowest BCUT2D eigenvalue weighted by Crippen LogP contribution is -2.19. The molecule has 5 nitrogen and oxygen atoms in total.